The van der Waals surface area contributed by atoms with Crippen LogP contribution in [0.15, 0.2) is 310 Å². The molecule has 0 saturated carbocycles. The van der Waals surface area contributed by atoms with Gasteiger partial charge in [-0.1, -0.05) is 243 Å². The van der Waals surface area contributed by atoms with Gasteiger partial charge in [-0.3, -0.25) is 38.4 Å². The molecule has 18 heteroatoms. The summed E-state index contributed by atoms with van der Waals surface area (Å²) in [4.78, 5) is 128. The maximum absolute atomic E-state index is 16.5. The molecule has 4 heterocycles. The molecule has 0 spiro atoms. The van der Waals surface area contributed by atoms with Gasteiger partial charge in [-0.2, -0.15) is 0 Å². The summed E-state index contributed by atoms with van der Waals surface area (Å²) in [5, 5.41) is 14.6. The molecule has 9 atom stereocenters. The van der Waals surface area contributed by atoms with Crippen molar-refractivity contribution >= 4 is 71.6 Å². The van der Waals surface area contributed by atoms with Gasteiger partial charge in [-0.15, -0.1) is 0 Å². The number of nitrogens with one attached hydrogen (secondary N) is 4. The van der Waals surface area contributed by atoms with Gasteiger partial charge >= 0.3 is 0 Å². The molecule has 16 nitrogen and oxygen atoms in total. The Morgan fingerprint density at radius 2 is 0.442 bits per heavy atom. The number of hydrogen-bond acceptors (Lipinski definition) is 8. The van der Waals surface area contributed by atoms with Gasteiger partial charge in [-0.25, -0.2) is 18.7 Å². The van der Waals surface area contributed by atoms with Crippen LogP contribution in [0.1, 0.15) is 161 Å². The van der Waals surface area contributed by atoms with Crippen molar-refractivity contribution in [2.75, 3.05) is 0 Å². The quantitative estimate of drug-likeness (QED) is 0.0607. The Hall–Kier alpha value is -12.0. The highest BCUT2D eigenvalue weighted by Gasteiger charge is 2.53. The predicted octanol–water partition coefficient (Wildman–Crippen LogP) is 14.4. The van der Waals surface area contributed by atoms with Gasteiger partial charge in [0.2, 0.25) is 0 Å². The van der Waals surface area contributed by atoms with E-state index in [1.807, 2.05) is 198 Å². The van der Waals surface area contributed by atoms with Crippen LogP contribution in [0.5, 0.6) is 0 Å². The van der Waals surface area contributed by atoms with E-state index in [0.717, 1.165) is 22.3 Å². The molecular formula is C86H72N8O8P2. The first-order chi connectivity index (χ1) is 50.7. The van der Waals surface area contributed by atoms with Crippen molar-refractivity contribution in [2.45, 2.75) is 75.0 Å². The molecule has 15 rings (SSSR count). The third-order valence-electron chi connectivity index (χ3n) is 20.0. The van der Waals surface area contributed by atoms with Crippen molar-refractivity contribution < 1.29 is 19.2 Å². The number of aromatic nitrogens is 4. The Balaban J connectivity index is 1.04. The van der Waals surface area contributed by atoms with Crippen LogP contribution in [0.2, 0.25) is 0 Å². The van der Waals surface area contributed by atoms with Gasteiger partial charge in [-0.05, 0) is 147 Å². The Morgan fingerprint density at radius 1 is 0.260 bits per heavy atom. The van der Waals surface area contributed by atoms with Crippen molar-refractivity contribution in [1.82, 2.24) is 40.0 Å². The molecule has 104 heavy (non-hydrogen) atoms. The van der Waals surface area contributed by atoms with Crippen LogP contribution in [0.4, 0.5) is 0 Å². The van der Waals surface area contributed by atoms with Gasteiger partial charge in [0.05, 0.1) is 45.7 Å². The summed E-state index contributed by atoms with van der Waals surface area (Å²) in [6.45, 7) is 7.56. The SMILES string of the molecule is C[C@H](NC(=O)c1ccccc1[C@@H]1n2c(=O)c3ccccc3c(=O)n2[C@@H](c2ccccc2C(=O)N[C@@H](C)c2ccccc2)P1c1ccccc1P1[C@H](c2ccccc2C(=O)N[C@@H](C)c2ccccc2)n2c(=O)c3ccccc3c(=O)n2[C@H]1c1ccccc1C(=O)N[C@H](C)c1ccccc1)c1ccccc1. The fraction of sp³-hybridized carbons (Fsp3) is 0.140. The van der Waals surface area contributed by atoms with Gasteiger partial charge in [0.25, 0.3) is 45.9 Å². The number of carbonyl (C=O) groups is 4. The van der Waals surface area contributed by atoms with E-state index in [1.165, 1.54) is 18.7 Å². The average molecular weight is 1410 g/mol. The molecular weight excluding hydrogens is 1330 g/mol. The number of amides is 4. The van der Waals surface area contributed by atoms with Gasteiger partial charge < -0.3 is 21.3 Å². The smallest absolute Gasteiger partial charge is 0.274 e. The second-order valence-electron chi connectivity index (χ2n) is 26.3. The number of carbonyl (C=O) groups excluding carboxylic acids is 4. The molecule has 2 aromatic heterocycles. The van der Waals surface area contributed by atoms with Crippen LogP contribution in [0.25, 0.3) is 21.5 Å². The lowest BCUT2D eigenvalue weighted by atomic mass is 10.0. The molecule has 11 aromatic carbocycles. The predicted molar refractivity (Wildman–Crippen MR) is 412 cm³/mol. The van der Waals surface area contributed by atoms with Crippen LogP contribution in [0.3, 0.4) is 0 Å². The highest BCUT2D eigenvalue weighted by atomic mass is 31.1. The Kier molecular flexibility index (Phi) is 18.8. The van der Waals surface area contributed by atoms with Crippen LogP contribution in [-0.4, -0.2) is 42.4 Å². The van der Waals surface area contributed by atoms with E-state index < -0.39 is 109 Å². The lowest BCUT2D eigenvalue weighted by molar-refractivity contribution is 0.0930. The summed E-state index contributed by atoms with van der Waals surface area (Å²) in [5.41, 5.74) is 3.59. The molecule has 2 aliphatic heterocycles. The maximum Gasteiger partial charge on any atom is 0.274 e. The molecule has 13 aromatic rings. The second-order valence-corrected chi connectivity index (χ2v) is 30.8. The minimum atomic E-state index is -2.35. The summed E-state index contributed by atoms with van der Waals surface area (Å²) in [6, 6.07) is 85.5. The summed E-state index contributed by atoms with van der Waals surface area (Å²) in [7, 11) is -4.71. The van der Waals surface area contributed by atoms with Crippen LogP contribution < -0.4 is 54.1 Å². The van der Waals surface area contributed by atoms with E-state index in [4.69, 9.17) is 0 Å². The first kappa shape index (κ1) is 67.8. The molecule has 1 unspecified atom stereocenters. The molecule has 0 saturated heterocycles. The summed E-state index contributed by atoms with van der Waals surface area (Å²) < 4.78 is 5.95. The number of benzene rings is 11. The zero-order chi connectivity index (χ0) is 71.9. The van der Waals surface area contributed by atoms with Gasteiger partial charge in [0.1, 0.15) is 23.1 Å². The fourth-order valence-electron chi connectivity index (χ4n) is 14.9. The average Bonchev–Trinajstić information content (AvgIpc) is 1.54. The van der Waals surface area contributed by atoms with Crippen molar-refractivity contribution in [3.63, 3.8) is 0 Å². The number of nitrogens with zero attached hydrogens (tertiary/aromatic N) is 4. The fourth-order valence-corrected chi connectivity index (χ4v) is 22.3. The number of hydrogen-bond donors (Lipinski definition) is 4. The standard InChI is InChI=1S/C86H72N8O8P2/c1-53(57-31-9-5-10-32-57)87-75(95)61-39-17-25-47-69(61)83-91-79(99)65-43-21-22-44-66(65)80(100)92(91)84(70-48-26-18-40-62(70)76(96)88-54(2)58-33-11-6-12-34-58)103(83)73-51-29-30-52-74(73)104-85(71-49-27-19-41-63(71)77(97)89-55(3)59-35-13-7-14-36-59)93-81(101)67-45-23-24-46-68(67)82(102)94(93)86(104)72-50-28-20-42-64(72)78(98)90-56(4)60-37-15-8-16-38-60/h5-56,83-86H,1-4H3,(H,87,95)(H,88,96)(H,89,97)(H,90,98)/t53-,54-,55-,56+,83+,84+,85+,86+,104?/m0/s1. The summed E-state index contributed by atoms with van der Waals surface area (Å²) in [6.07, 6.45) is 0. The van der Waals surface area contributed by atoms with E-state index in [9.17, 15) is 0 Å². The number of fused-ring (bicyclic) bond motifs is 4. The largest absolute Gasteiger partial charge is 0.346 e. The zero-order valence-electron chi connectivity index (χ0n) is 57.3. The summed E-state index contributed by atoms with van der Waals surface area (Å²) in [5.74, 6) is -6.70. The Labute approximate surface area is 601 Å². The van der Waals surface area contributed by atoms with E-state index >= 15 is 38.4 Å². The van der Waals surface area contributed by atoms with Crippen molar-refractivity contribution in [3.05, 3.63) is 399 Å². The lowest BCUT2D eigenvalue weighted by Gasteiger charge is -2.33. The monoisotopic (exact) mass is 1410 g/mol. The van der Waals surface area contributed by atoms with E-state index in [0.29, 0.717) is 32.9 Å². The third kappa shape index (κ3) is 12.3. The second kappa shape index (κ2) is 28.8. The first-order valence-corrected chi connectivity index (χ1v) is 37.6. The van der Waals surface area contributed by atoms with Crippen molar-refractivity contribution in [2.24, 2.45) is 0 Å². The molecule has 514 valence electrons. The van der Waals surface area contributed by atoms with Gasteiger partial charge in [0, 0.05) is 22.3 Å². The summed E-state index contributed by atoms with van der Waals surface area (Å²) >= 11 is 0. The lowest BCUT2D eigenvalue weighted by Crippen LogP contribution is -2.38. The topological polar surface area (TPSA) is 204 Å². The third-order valence-corrected chi connectivity index (χ3v) is 26.2. The molecule has 0 radical (unpaired) electrons. The zero-order valence-corrected chi connectivity index (χ0v) is 59.1. The minimum absolute atomic E-state index is 0.125. The Morgan fingerprint density at radius 3 is 0.663 bits per heavy atom. The highest BCUT2D eigenvalue weighted by Crippen LogP contribution is 2.70. The van der Waals surface area contributed by atoms with E-state index in [1.54, 1.807) is 121 Å². The Bertz CT molecular complexity index is 5070. The highest BCUT2D eigenvalue weighted by molar-refractivity contribution is 7.72. The normalized spacial score (nSPS) is 17.2. The van der Waals surface area contributed by atoms with Crippen LogP contribution in [-0.2, 0) is 0 Å². The first-order valence-electron chi connectivity index (χ1n) is 34.6. The molecule has 4 amide bonds. The molecule has 4 N–H and O–H groups in total. The van der Waals surface area contributed by atoms with E-state index in [2.05, 4.69) is 21.3 Å². The van der Waals surface area contributed by atoms with Crippen LogP contribution >= 0.6 is 15.8 Å². The van der Waals surface area contributed by atoms with E-state index in [-0.39, 0.29) is 43.8 Å². The van der Waals surface area contributed by atoms with Gasteiger partial charge in [0.15, 0.2) is 0 Å². The van der Waals surface area contributed by atoms with Crippen LogP contribution in [0, 0.1) is 0 Å². The van der Waals surface area contributed by atoms with Crippen molar-refractivity contribution in [1.29, 1.82) is 0 Å². The minimum Gasteiger partial charge on any atom is -0.346 e. The molecule has 0 aliphatic carbocycles. The molecule has 0 bridgehead atoms. The maximum atomic E-state index is 16.5. The number of rotatable bonds is 18. The van der Waals surface area contributed by atoms with Crippen molar-refractivity contribution in [3.8, 4) is 0 Å². The molecule has 0 fully saturated rings. The molecule has 2 aliphatic rings.